The van der Waals surface area contributed by atoms with Crippen molar-refractivity contribution in [3.8, 4) is 5.75 Å². The van der Waals surface area contributed by atoms with Gasteiger partial charge in [-0.05, 0) is 54.3 Å². The van der Waals surface area contributed by atoms with Gasteiger partial charge in [0.15, 0.2) is 0 Å². The molecular weight excluding hydrogens is 489 g/mol. The second-order valence-electron chi connectivity index (χ2n) is 9.05. The number of hydrogen-bond donors (Lipinski definition) is 3. The molecule has 36 heavy (non-hydrogen) atoms. The number of halogens is 1. The zero-order valence-electron chi connectivity index (χ0n) is 20.8. The Kier molecular flexibility index (Phi) is 8.57. The summed E-state index contributed by atoms with van der Waals surface area (Å²) in [6.45, 7) is 8.16. The largest absolute Gasteiger partial charge is 0.495 e. The minimum Gasteiger partial charge on any atom is -0.495 e. The van der Waals surface area contributed by atoms with Gasteiger partial charge in [-0.1, -0.05) is 26.8 Å². The predicted molar refractivity (Wildman–Crippen MR) is 134 cm³/mol. The predicted octanol–water partition coefficient (Wildman–Crippen LogP) is 3.21. The highest BCUT2D eigenvalue weighted by Gasteiger charge is 2.28. The number of anilines is 1. The lowest BCUT2D eigenvalue weighted by molar-refractivity contribution is -0.121. The summed E-state index contributed by atoms with van der Waals surface area (Å²) in [4.78, 5) is 26.6. The fraction of sp³-hybridized carbons (Fsp3) is 0.440. The number of hydrogen-bond acceptors (Lipinski definition) is 6. The number of carbonyl (C=O) groups excluding carboxylic acids is 1. The van der Waals surface area contributed by atoms with Gasteiger partial charge in [-0.15, -0.1) is 0 Å². The summed E-state index contributed by atoms with van der Waals surface area (Å²) in [7, 11) is -3.07. The van der Waals surface area contributed by atoms with Crippen molar-refractivity contribution in [2.45, 2.75) is 50.5 Å². The number of nitrogens with zero attached hydrogens (tertiary/aromatic N) is 1. The zero-order valence-corrected chi connectivity index (χ0v) is 21.6. The number of likely N-dealkylation sites (tertiary alicyclic amines) is 1. The lowest BCUT2D eigenvalue weighted by Crippen LogP contribution is -2.38. The molecule has 1 saturated heterocycles. The van der Waals surface area contributed by atoms with E-state index in [1.165, 1.54) is 13.2 Å². The number of methoxy groups -OCH3 is 1. The van der Waals surface area contributed by atoms with Crippen molar-refractivity contribution in [3.63, 3.8) is 0 Å². The Morgan fingerprint density at radius 2 is 1.97 bits per heavy atom. The molecule has 11 heteroatoms. The molecule has 1 heterocycles. The quantitative estimate of drug-likeness (QED) is 0.438. The molecule has 1 atom stereocenters. The average molecular weight is 522 g/mol. The normalized spacial score (nSPS) is 16.2. The number of benzene rings is 2. The molecule has 0 bridgehead atoms. The molecule has 2 aromatic rings. The number of nitrogens with one attached hydrogen (secondary N) is 2. The number of amides is 1. The monoisotopic (exact) mass is 521 g/mol. The molecule has 0 aliphatic carbocycles. The van der Waals surface area contributed by atoms with Crippen LogP contribution in [0.3, 0.4) is 0 Å². The molecule has 0 spiro atoms. The van der Waals surface area contributed by atoms with E-state index in [0.29, 0.717) is 12.1 Å². The molecule has 1 aliphatic rings. The van der Waals surface area contributed by atoms with Crippen molar-refractivity contribution in [2.24, 2.45) is 0 Å². The second kappa shape index (κ2) is 11.3. The molecule has 9 nitrogen and oxygen atoms in total. The van der Waals surface area contributed by atoms with E-state index < -0.39 is 27.7 Å². The molecule has 0 radical (unpaired) electrons. The molecule has 0 aromatic heterocycles. The molecule has 1 aliphatic heterocycles. The number of sulfonamides is 1. The second-order valence-corrected chi connectivity index (χ2v) is 10.7. The number of likely N-dealkylation sites (N-methyl/N-ethyl adjacent to an activating group) is 1. The highest BCUT2D eigenvalue weighted by molar-refractivity contribution is 7.92. The first-order valence-electron chi connectivity index (χ1n) is 11.7. The first-order valence-corrected chi connectivity index (χ1v) is 13.2. The molecule has 1 fully saturated rings. The van der Waals surface area contributed by atoms with Crippen LogP contribution in [0.15, 0.2) is 35.2 Å². The van der Waals surface area contributed by atoms with Gasteiger partial charge in [-0.2, -0.15) is 0 Å². The van der Waals surface area contributed by atoms with E-state index in [2.05, 4.69) is 14.9 Å². The number of carboxylic acids is 1. The molecule has 1 amide bonds. The Morgan fingerprint density at radius 3 is 2.56 bits per heavy atom. The van der Waals surface area contributed by atoms with E-state index >= 15 is 0 Å². The van der Waals surface area contributed by atoms with Crippen LogP contribution < -0.4 is 14.8 Å². The van der Waals surface area contributed by atoms with E-state index in [1.807, 2.05) is 20.8 Å². The molecule has 0 saturated carbocycles. The Balaban J connectivity index is 1.92. The minimum atomic E-state index is -4.38. The van der Waals surface area contributed by atoms with Gasteiger partial charge in [0.1, 0.15) is 17.1 Å². The molecule has 3 rings (SSSR count). The third-order valence-corrected chi connectivity index (χ3v) is 7.69. The number of aromatic carboxylic acids is 1. The summed E-state index contributed by atoms with van der Waals surface area (Å²) < 4.78 is 48.3. The van der Waals surface area contributed by atoms with Crippen LogP contribution in [0.1, 0.15) is 54.6 Å². The summed E-state index contributed by atoms with van der Waals surface area (Å²) in [5, 5.41) is 12.7. The van der Waals surface area contributed by atoms with E-state index in [-0.39, 0.29) is 45.8 Å². The lowest BCUT2D eigenvalue weighted by Gasteiger charge is -2.19. The highest BCUT2D eigenvalue weighted by atomic mass is 32.2. The van der Waals surface area contributed by atoms with Gasteiger partial charge in [-0.3, -0.25) is 9.52 Å². The van der Waals surface area contributed by atoms with Crippen molar-refractivity contribution < 1.29 is 32.2 Å². The number of rotatable bonds is 10. The SMILES string of the molecule is CCN1CCC(NC(=O)Cc2cc(F)ccc2S(=O)(=O)Nc2ccc(C(C)C)c(OC)c2C(=O)O)C1. The molecule has 2 aromatic carbocycles. The third kappa shape index (κ3) is 6.14. The maximum Gasteiger partial charge on any atom is 0.341 e. The van der Waals surface area contributed by atoms with Crippen molar-refractivity contribution in [1.82, 2.24) is 10.2 Å². The van der Waals surface area contributed by atoms with Crippen LogP contribution in [-0.2, 0) is 21.2 Å². The maximum atomic E-state index is 14.1. The summed E-state index contributed by atoms with van der Waals surface area (Å²) in [6, 6.07) is 5.93. The van der Waals surface area contributed by atoms with E-state index in [4.69, 9.17) is 4.74 Å². The summed E-state index contributed by atoms with van der Waals surface area (Å²) in [5.41, 5.74) is 0.0306. The molecular formula is C25H32FN3O6S. The van der Waals surface area contributed by atoms with Crippen LogP contribution in [0.4, 0.5) is 10.1 Å². The van der Waals surface area contributed by atoms with Crippen LogP contribution in [0.5, 0.6) is 5.75 Å². The van der Waals surface area contributed by atoms with Gasteiger partial charge >= 0.3 is 5.97 Å². The Labute approximate surface area is 210 Å². The van der Waals surface area contributed by atoms with Gasteiger partial charge in [0.05, 0.1) is 24.1 Å². The summed E-state index contributed by atoms with van der Waals surface area (Å²) in [5.74, 6) is -2.51. The Morgan fingerprint density at radius 1 is 1.25 bits per heavy atom. The van der Waals surface area contributed by atoms with Gasteiger partial charge in [0.2, 0.25) is 5.91 Å². The van der Waals surface area contributed by atoms with Crippen LogP contribution in [0.25, 0.3) is 0 Å². The van der Waals surface area contributed by atoms with Crippen molar-refractivity contribution in [1.29, 1.82) is 0 Å². The van der Waals surface area contributed by atoms with Crippen molar-refractivity contribution in [3.05, 3.63) is 52.8 Å². The van der Waals surface area contributed by atoms with Crippen molar-refractivity contribution >= 4 is 27.6 Å². The summed E-state index contributed by atoms with van der Waals surface area (Å²) >= 11 is 0. The maximum absolute atomic E-state index is 14.1. The van der Waals surface area contributed by atoms with Crippen molar-refractivity contribution in [2.75, 3.05) is 31.5 Å². The number of carbonyl (C=O) groups is 2. The molecule has 1 unspecified atom stereocenters. The Hall–Kier alpha value is -3.18. The zero-order chi connectivity index (χ0) is 26.6. The van der Waals surface area contributed by atoms with E-state index in [9.17, 15) is 27.5 Å². The third-order valence-electron chi connectivity index (χ3n) is 6.22. The number of ether oxygens (including phenoxy) is 1. The topological polar surface area (TPSA) is 125 Å². The first-order chi connectivity index (χ1) is 17.0. The van der Waals surface area contributed by atoms with E-state index in [0.717, 1.165) is 37.7 Å². The highest BCUT2D eigenvalue weighted by Crippen LogP contribution is 2.36. The Bertz CT molecular complexity index is 1250. The van der Waals surface area contributed by atoms with Gasteiger partial charge in [0.25, 0.3) is 10.0 Å². The van der Waals surface area contributed by atoms with Crippen LogP contribution in [-0.4, -0.2) is 63.1 Å². The smallest absolute Gasteiger partial charge is 0.341 e. The fourth-order valence-corrected chi connectivity index (χ4v) is 5.70. The lowest BCUT2D eigenvalue weighted by atomic mass is 9.98. The van der Waals surface area contributed by atoms with Gasteiger partial charge < -0.3 is 20.1 Å². The average Bonchev–Trinajstić information content (AvgIpc) is 3.25. The van der Waals surface area contributed by atoms with Gasteiger partial charge in [0, 0.05) is 19.1 Å². The van der Waals surface area contributed by atoms with E-state index in [1.54, 1.807) is 6.07 Å². The van der Waals surface area contributed by atoms with Crippen LogP contribution in [0.2, 0.25) is 0 Å². The van der Waals surface area contributed by atoms with Gasteiger partial charge in [-0.25, -0.2) is 17.6 Å². The standard InChI is InChI=1S/C25H32FN3O6S/c1-5-29-11-10-18(14-29)27-22(30)13-16-12-17(26)6-9-21(16)36(33,34)28-20-8-7-19(15(2)3)24(35-4)23(20)25(31)32/h6-9,12,15,18,28H,5,10-11,13-14H2,1-4H3,(H,27,30)(H,31,32). The summed E-state index contributed by atoms with van der Waals surface area (Å²) in [6.07, 6.45) is 0.430. The first kappa shape index (κ1) is 27.4. The van der Waals surface area contributed by atoms with Crippen LogP contribution in [0, 0.1) is 5.82 Å². The van der Waals surface area contributed by atoms with Crippen LogP contribution >= 0.6 is 0 Å². The minimum absolute atomic E-state index is 0.0343. The molecule has 196 valence electrons. The number of carboxylic acid groups (broad SMARTS) is 1. The molecule has 3 N–H and O–H groups in total. The fourth-order valence-electron chi connectivity index (χ4n) is 4.41.